The van der Waals surface area contributed by atoms with Gasteiger partial charge in [0.05, 0.1) is 17.8 Å². The normalized spacial score (nSPS) is 13.8. The molecule has 2 N–H and O–H groups in total. The van der Waals surface area contributed by atoms with Crippen LogP contribution in [0.4, 0.5) is 24.5 Å². The van der Waals surface area contributed by atoms with Gasteiger partial charge in [0, 0.05) is 15.8 Å². The number of aromatic hydroxyl groups is 1. The van der Waals surface area contributed by atoms with Gasteiger partial charge >= 0.3 is 6.18 Å². The number of phenols is 1. The lowest BCUT2D eigenvalue weighted by molar-refractivity contribution is -0.137. The van der Waals surface area contributed by atoms with Crippen molar-refractivity contribution in [3.63, 3.8) is 0 Å². The van der Waals surface area contributed by atoms with E-state index in [1.54, 1.807) is 48.2 Å². The minimum atomic E-state index is -4.42. The summed E-state index contributed by atoms with van der Waals surface area (Å²) in [6, 6.07) is 13.5. The molecule has 0 fully saturated rings. The highest BCUT2D eigenvalue weighted by Crippen LogP contribution is 2.38. The van der Waals surface area contributed by atoms with Crippen LogP contribution in [0.3, 0.4) is 0 Å². The summed E-state index contributed by atoms with van der Waals surface area (Å²) in [6.07, 6.45) is -4.42. The number of anilines is 2. The molecule has 0 saturated heterocycles. The highest BCUT2D eigenvalue weighted by molar-refractivity contribution is 9.10. The first-order valence-corrected chi connectivity index (χ1v) is 9.81. The lowest BCUT2D eigenvalue weighted by atomic mass is 9.99. The third-order valence-electron chi connectivity index (χ3n) is 5.02. The van der Waals surface area contributed by atoms with Crippen LogP contribution in [0, 0.1) is 6.92 Å². The molecule has 1 aliphatic rings. The van der Waals surface area contributed by atoms with Gasteiger partial charge in [0.15, 0.2) is 0 Å². The average Bonchev–Trinajstić information content (AvgIpc) is 2.69. The minimum Gasteiger partial charge on any atom is -0.508 e. The first kappa shape index (κ1) is 20.3. The number of hydrogen-bond acceptors (Lipinski definition) is 3. The van der Waals surface area contributed by atoms with E-state index in [-0.39, 0.29) is 18.3 Å². The fraction of sp³-hybridized carbons (Fsp3) is 0.136. The summed E-state index contributed by atoms with van der Waals surface area (Å²) in [5.74, 6) is -0.0461. The zero-order valence-electron chi connectivity index (χ0n) is 15.7. The van der Waals surface area contributed by atoms with E-state index < -0.39 is 11.7 Å². The van der Waals surface area contributed by atoms with E-state index >= 15 is 0 Å². The maximum absolute atomic E-state index is 13.0. The van der Waals surface area contributed by atoms with Crippen molar-refractivity contribution in [2.75, 3.05) is 16.9 Å². The molecule has 3 aromatic carbocycles. The van der Waals surface area contributed by atoms with Crippen LogP contribution < -0.4 is 10.2 Å². The summed E-state index contributed by atoms with van der Waals surface area (Å²) in [4.78, 5) is 14.5. The number of carbonyl (C=O) groups is 1. The third kappa shape index (κ3) is 3.63. The van der Waals surface area contributed by atoms with Crippen LogP contribution in [-0.4, -0.2) is 17.7 Å². The van der Waals surface area contributed by atoms with E-state index in [1.807, 2.05) is 0 Å². The number of nitrogens with one attached hydrogen (secondary N) is 1. The Morgan fingerprint density at radius 2 is 1.77 bits per heavy atom. The molecule has 4 nitrogen and oxygen atoms in total. The van der Waals surface area contributed by atoms with Gasteiger partial charge in [-0.2, -0.15) is 13.2 Å². The number of benzene rings is 3. The Balaban J connectivity index is 1.66. The molecule has 0 aromatic heterocycles. The fourth-order valence-electron chi connectivity index (χ4n) is 3.37. The molecule has 0 unspecified atom stereocenters. The zero-order valence-corrected chi connectivity index (χ0v) is 17.3. The van der Waals surface area contributed by atoms with Gasteiger partial charge in [-0.05, 0) is 66.1 Å². The molecule has 0 atom stereocenters. The molecule has 0 aliphatic carbocycles. The first-order valence-electron chi connectivity index (χ1n) is 9.01. The van der Waals surface area contributed by atoms with Crippen LogP contribution in [0.5, 0.6) is 5.75 Å². The van der Waals surface area contributed by atoms with Crippen LogP contribution in [0.2, 0.25) is 0 Å². The van der Waals surface area contributed by atoms with Crippen molar-refractivity contribution in [3.8, 4) is 16.9 Å². The standard InChI is InChI=1S/C22H16BrF3N2O2/c1-12-8-15(4-7-20(12)29)28-11-27-19-9-13(2-5-17(19)21(28)30)16-6-3-14(10-18(16)23)22(24,25)26/h2-10,27,29H,11H2,1H3. The minimum absolute atomic E-state index is 0.156. The summed E-state index contributed by atoms with van der Waals surface area (Å²) >= 11 is 3.22. The Kier molecular flexibility index (Phi) is 4.97. The fourth-order valence-corrected chi connectivity index (χ4v) is 3.98. The van der Waals surface area contributed by atoms with Crippen LogP contribution in [0.1, 0.15) is 21.5 Å². The SMILES string of the molecule is Cc1cc(N2CNc3cc(-c4ccc(C(F)(F)F)cc4Br)ccc3C2=O)ccc1O. The number of phenolic OH excluding ortho intramolecular Hbond substituents is 1. The van der Waals surface area contributed by atoms with Gasteiger partial charge in [0.25, 0.3) is 5.91 Å². The van der Waals surface area contributed by atoms with Gasteiger partial charge in [-0.25, -0.2) is 0 Å². The predicted octanol–water partition coefficient (Wildman–Crippen LogP) is 6.18. The molecular weight excluding hydrogens is 461 g/mol. The largest absolute Gasteiger partial charge is 0.508 e. The van der Waals surface area contributed by atoms with Crippen molar-refractivity contribution in [2.24, 2.45) is 0 Å². The van der Waals surface area contributed by atoms with Gasteiger partial charge in [-0.15, -0.1) is 0 Å². The molecule has 0 spiro atoms. The zero-order chi connectivity index (χ0) is 21.6. The topological polar surface area (TPSA) is 52.6 Å². The molecule has 1 aliphatic heterocycles. The molecule has 1 amide bonds. The van der Waals surface area contributed by atoms with Crippen molar-refractivity contribution in [3.05, 3.63) is 75.8 Å². The van der Waals surface area contributed by atoms with Crippen LogP contribution >= 0.6 is 15.9 Å². The summed E-state index contributed by atoms with van der Waals surface area (Å²) in [7, 11) is 0. The number of carbonyl (C=O) groups excluding carboxylic acids is 1. The van der Waals surface area contributed by atoms with E-state index in [1.165, 1.54) is 6.07 Å². The quantitative estimate of drug-likeness (QED) is 0.464. The summed E-state index contributed by atoms with van der Waals surface area (Å²) in [5.41, 5.74) is 2.93. The maximum atomic E-state index is 13.0. The lowest BCUT2D eigenvalue weighted by Crippen LogP contribution is -2.40. The molecule has 4 rings (SSSR count). The van der Waals surface area contributed by atoms with Crippen LogP contribution in [0.15, 0.2) is 59.1 Å². The van der Waals surface area contributed by atoms with Crippen molar-refractivity contribution in [1.29, 1.82) is 0 Å². The van der Waals surface area contributed by atoms with Gasteiger partial charge in [-0.3, -0.25) is 9.69 Å². The van der Waals surface area contributed by atoms with Crippen molar-refractivity contribution >= 4 is 33.2 Å². The highest BCUT2D eigenvalue weighted by Gasteiger charge is 2.31. The predicted molar refractivity (Wildman–Crippen MR) is 113 cm³/mol. The summed E-state index contributed by atoms with van der Waals surface area (Å²) in [5, 5.41) is 12.9. The Labute approximate surface area is 179 Å². The smallest absolute Gasteiger partial charge is 0.416 e. The van der Waals surface area contributed by atoms with Crippen molar-refractivity contribution < 1.29 is 23.1 Å². The molecule has 8 heteroatoms. The molecular formula is C22H16BrF3N2O2. The molecule has 3 aromatic rings. The van der Waals surface area contributed by atoms with Crippen LogP contribution in [-0.2, 0) is 6.18 Å². The van der Waals surface area contributed by atoms with E-state index in [0.717, 1.165) is 12.1 Å². The number of amides is 1. The summed E-state index contributed by atoms with van der Waals surface area (Å²) in [6.45, 7) is 1.98. The summed E-state index contributed by atoms with van der Waals surface area (Å²) < 4.78 is 39.0. The Hall–Kier alpha value is -3.00. The van der Waals surface area contributed by atoms with E-state index in [0.29, 0.717) is 38.1 Å². The molecule has 0 bridgehead atoms. The Morgan fingerprint density at radius 1 is 1.03 bits per heavy atom. The second-order valence-corrected chi connectivity index (χ2v) is 7.85. The highest BCUT2D eigenvalue weighted by atomic mass is 79.9. The number of alkyl halides is 3. The molecule has 1 heterocycles. The van der Waals surface area contributed by atoms with Crippen molar-refractivity contribution in [1.82, 2.24) is 0 Å². The second-order valence-electron chi connectivity index (χ2n) is 6.99. The van der Waals surface area contributed by atoms with E-state index in [9.17, 15) is 23.1 Å². The number of halogens is 4. The Bertz CT molecular complexity index is 1160. The molecule has 0 radical (unpaired) electrons. The van der Waals surface area contributed by atoms with Gasteiger partial charge in [0.1, 0.15) is 5.75 Å². The van der Waals surface area contributed by atoms with Gasteiger partial charge in [-0.1, -0.05) is 28.1 Å². The Morgan fingerprint density at radius 3 is 2.43 bits per heavy atom. The third-order valence-corrected chi connectivity index (χ3v) is 5.68. The van der Waals surface area contributed by atoms with Gasteiger partial charge < -0.3 is 10.4 Å². The van der Waals surface area contributed by atoms with E-state index in [2.05, 4.69) is 21.2 Å². The number of rotatable bonds is 2. The number of hydrogen-bond donors (Lipinski definition) is 2. The average molecular weight is 477 g/mol. The first-order chi connectivity index (χ1) is 14.1. The number of fused-ring (bicyclic) bond motifs is 1. The second kappa shape index (κ2) is 7.36. The number of aryl methyl sites for hydroxylation is 1. The van der Waals surface area contributed by atoms with Gasteiger partial charge in [0.2, 0.25) is 0 Å². The molecule has 154 valence electrons. The molecule has 30 heavy (non-hydrogen) atoms. The van der Waals surface area contributed by atoms with Crippen molar-refractivity contribution in [2.45, 2.75) is 13.1 Å². The van der Waals surface area contributed by atoms with Crippen LogP contribution in [0.25, 0.3) is 11.1 Å². The lowest BCUT2D eigenvalue weighted by Gasteiger charge is -2.30. The van der Waals surface area contributed by atoms with E-state index in [4.69, 9.17) is 0 Å². The number of nitrogens with zero attached hydrogens (tertiary/aromatic N) is 1. The maximum Gasteiger partial charge on any atom is 0.416 e. The molecule has 0 saturated carbocycles. The monoisotopic (exact) mass is 476 g/mol.